The molecule has 0 fully saturated rings. The molecule has 2 aromatic carbocycles. The lowest BCUT2D eigenvalue weighted by Gasteiger charge is -2.17. The molecular formula is C30H46S. The van der Waals surface area contributed by atoms with Gasteiger partial charge in [-0.1, -0.05) is 133 Å². The Hall–Kier alpha value is -1.21. The highest BCUT2D eigenvalue weighted by atomic mass is 32.2. The van der Waals surface area contributed by atoms with Crippen molar-refractivity contribution in [3.63, 3.8) is 0 Å². The Labute approximate surface area is 197 Å². The van der Waals surface area contributed by atoms with Gasteiger partial charge < -0.3 is 0 Å². The topological polar surface area (TPSA) is 0 Å². The molecule has 0 saturated carbocycles. The number of hydrogen-bond acceptors (Lipinski definition) is 1. The van der Waals surface area contributed by atoms with Crippen molar-refractivity contribution in [1.29, 1.82) is 0 Å². The third-order valence-corrected chi connectivity index (χ3v) is 7.58. The Morgan fingerprint density at radius 1 is 0.613 bits per heavy atom. The standard InChI is InChI=1S/C30H46S/c1-3-5-7-9-10-13-17-28(16-12-8-6-4-2)26-31-25-24-27-20-22-30(23-21-27)29-18-14-11-15-19-29/h11,14-15,18-23,28H,3-10,12-13,16-17,24-26H2,1-2H3. The molecule has 0 aliphatic carbocycles. The first-order valence-electron chi connectivity index (χ1n) is 13.1. The molecule has 2 rings (SSSR count). The van der Waals surface area contributed by atoms with Crippen molar-refractivity contribution in [1.82, 2.24) is 0 Å². The maximum absolute atomic E-state index is 2.32. The zero-order valence-corrected chi connectivity index (χ0v) is 21.1. The summed E-state index contributed by atoms with van der Waals surface area (Å²) in [6.07, 6.45) is 18.3. The largest absolute Gasteiger partial charge is 0.161 e. The second kappa shape index (κ2) is 17.4. The van der Waals surface area contributed by atoms with Gasteiger partial charge in [0.1, 0.15) is 0 Å². The van der Waals surface area contributed by atoms with E-state index in [9.17, 15) is 0 Å². The Balaban J connectivity index is 1.68. The maximum atomic E-state index is 2.32. The molecule has 0 heterocycles. The number of benzene rings is 2. The van der Waals surface area contributed by atoms with Gasteiger partial charge in [-0.3, -0.25) is 0 Å². The molecule has 1 unspecified atom stereocenters. The van der Waals surface area contributed by atoms with Gasteiger partial charge in [0, 0.05) is 0 Å². The second-order valence-corrected chi connectivity index (χ2v) is 10.3. The molecule has 31 heavy (non-hydrogen) atoms. The van der Waals surface area contributed by atoms with Crippen molar-refractivity contribution in [3.8, 4) is 11.1 Å². The summed E-state index contributed by atoms with van der Waals surface area (Å²) in [4.78, 5) is 0. The summed E-state index contributed by atoms with van der Waals surface area (Å²) in [7, 11) is 0. The van der Waals surface area contributed by atoms with E-state index in [1.807, 2.05) is 0 Å². The second-order valence-electron chi connectivity index (χ2n) is 9.16. The minimum absolute atomic E-state index is 0.938. The predicted molar refractivity (Wildman–Crippen MR) is 143 cm³/mol. The van der Waals surface area contributed by atoms with Gasteiger partial charge in [-0.25, -0.2) is 0 Å². The molecule has 0 aliphatic heterocycles. The highest BCUT2D eigenvalue weighted by molar-refractivity contribution is 7.99. The van der Waals surface area contributed by atoms with Gasteiger partial charge >= 0.3 is 0 Å². The smallest absolute Gasteiger partial charge is 0.00269 e. The van der Waals surface area contributed by atoms with E-state index in [0.717, 1.165) is 5.92 Å². The quantitative estimate of drug-likeness (QED) is 0.209. The zero-order valence-electron chi connectivity index (χ0n) is 20.3. The fourth-order valence-electron chi connectivity index (χ4n) is 4.32. The minimum Gasteiger partial charge on any atom is -0.161 e. The van der Waals surface area contributed by atoms with Crippen LogP contribution >= 0.6 is 11.8 Å². The van der Waals surface area contributed by atoms with Gasteiger partial charge in [-0.15, -0.1) is 0 Å². The Kier molecular flexibility index (Phi) is 14.6. The summed E-state index contributed by atoms with van der Waals surface area (Å²) < 4.78 is 0. The first-order valence-corrected chi connectivity index (χ1v) is 14.2. The average Bonchev–Trinajstić information content (AvgIpc) is 2.82. The molecule has 0 bridgehead atoms. The summed E-state index contributed by atoms with van der Waals surface area (Å²) in [5.74, 6) is 3.56. The van der Waals surface area contributed by atoms with Crippen LogP contribution in [0.15, 0.2) is 54.6 Å². The summed E-state index contributed by atoms with van der Waals surface area (Å²) in [6.45, 7) is 4.62. The lowest BCUT2D eigenvalue weighted by atomic mass is 9.96. The van der Waals surface area contributed by atoms with Gasteiger partial charge in [0.2, 0.25) is 0 Å². The molecule has 0 aliphatic rings. The molecule has 0 amide bonds. The highest BCUT2D eigenvalue weighted by Crippen LogP contribution is 2.24. The van der Waals surface area contributed by atoms with E-state index >= 15 is 0 Å². The maximum Gasteiger partial charge on any atom is -0.00269 e. The molecule has 0 nitrogen and oxygen atoms in total. The first-order chi connectivity index (χ1) is 15.3. The van der Waals surface area contributed by atoms with Gasteiger partial charge in [0.15, 0.2) is 0 Å². The van der Waals surface area contributed by atoms with Crippen molar-refractivity contribution < 1.29 is 0 Å². The molecule has 0 N–H and O–H groups in total. The van der Waals surface area contributed by atoms with Crippen LogP contribution in [0.3, 0.4) is 0 Å². The molecule has 172 valence electrons. The van der Waals surface area contributed by atoms with Crippen LogP contribution < -0.4 is 0 Å². The van der Waals surface area contributed by atoms with Crippen molar-refractivity contribution in [2.24, 2.45) is 5.92 Å². The normalized spacial score (nSPS) is 12.2. The number of rotatable bonds is 18. The highest BCUT2D eigenvalue weighted by Gasteiger charge is 2.09. The lowest BCUT2D eigenvalue weighted by Crippen LogP contribution is -2.05. The van der Waals surface area contributed by atoms with Crippen LogP contribution in [0, 0.1) is 5.92 Å². The predicted octanol–water partition coefficient (Wildman–Crippen LogP) is 9.97. The van der Waals surface area contributed by atoms with Crippen molar-refractivity contribution in [2.75, 3.05) is 11.5 Å². The first kappa shape index (κ1) is 26.0. The molecular weight excluding hydrogens is 392 g/mol. The molecule has 1 atom stereocenters. The summed E-state index contributed by atoms with van der Waals surface area (Å²) in [5, 5.41) is 0. The van der Waals surface area contributed by atoms with E-state index in [0.29, 0.717) is 0 Å². The van der Waals surface area contributed by atoms with E-state index in [-0.39, 0.29) is 0 Å². The fourth-order valence-corrected chi connectivity index (χ4v) is 5.53. The molecule has 1 heteroatoms. The SMILES string of the molecule is CCCCCCCCC(CCCCCC)CSCCc1ccc(-c2ccccc2)cc1. The van der Waals surface area contributed by atoms with Crippen LogP contribution in [-0.2, 0) is 6.42 Å². The van der Waals surface area contributed by atoms with Gasteiger partial charge in [0.05, 0.1) is 0 Å². The monoisotopic (exact) mass is 438 g/mol. The van der Waals surface area contributed by atoms with Crippen LogP contribution in [0.1, 0.15) is 96.5 Å². The Bertz CT molecular complexity index is 646. The summed E-state index contributed by atoms with van der Waals surface area (Å²) in [5.41, 5.74) is 4.11. The van der Waals surface area contributed by atoms with E-state index < -0.39 is 0 Å². The molecule has 0 aromatic heterocycles. The number of aryl methyl sites for hydroxylation is 1. The van der Waals surface area contributed by atoms with Crippen LogP contribution in [0.25, 0.3) is 11.1 Å². The van der Waals surface area contributed by atoms with E-state index in [1.165, 1.54) is 112 Å². The third kappa shape index (κ3) is 11.8. The fraction of sp³-hybridized carbons (Fsp3) is 0.600. The van der Waals surface area contributed by atoms with Crippen LogP contribution in [0.4, 0.5) is 0 Å². The molecule has 0 radical (unpaired) electrons. The summed E-state index contributed by atoms with van der Waals surface area (Å²) >= 11 is 2.19. The number of hydrogen-bond donors (Lipinski definition) is 0. The van der Waals surface area contributed by atoms with Gasteiger partial charge in [-0.05, 0) is 53.4 Å². The van der Waals surface area contributed by atoms with E-state index in [4.69, 9.17) is 0 Å². The summed E-state index contributed by atoms with van der Waals surface area (Å²) in [6, 6.07) is 19.9. The third-order valence-electron chi connectivity index (χ3n) is 6.38. The van der Waals surface area contributed by atoms with E-state index in [2.05, 4.69) is 80.2 Å². The van der Waals surface area contributed by atoms with Crippen molar-refractivity contribution in [2.45, 2.75) is 97.3 Å². The van der Waals surface area contributed by atoms with Gasteiger partial charge in [0.25, 0.3) is 0 Å². The van der Waals surface area contributed by atoms with Crippen molar-refractivity contribution >= 4 is 11.8 Å². The molecule has 2 aromatic rings. The number of thioether (sulfide) groups is 1. The number of unbranched alkanes of at least 4 members (excludes halogenated alkanes) is 8. The van der Waals surface area contributed by atoms with Crippen LogP contribution in [-0.4, -0.2) is 11.5 Å². The zero-order chi connectivity index (χ0) is 22.0. The van der Waals surface area contributed by atoms with Crippen LogP contribution in [0.5, 0.6) is 0 Å². The minimum atomic E-state index is 0.938. The Morgan fingerprint density at radius 3 is 1.81 bits per heavy atom. The molecule has 0 spiro atoms. The van der Waals surface area contributed by atoms with Gasteiger partial charge in [-0.2, -0.15) is 11.8 Å². The Morgan fingerprint density at radius 2 is 1.16 bits per heavy atom. The average molecular weight is 439 g/mol. The van der Waals surface area contributed by atoms with Crippen LogP contribution in [0.2, 0.25) is 0 Å². The lowest BCUT2D eigenvalue weighted by molar-refractivity contribution is 0.440. The van der Waals surface area contributed by atoms with Crippen molar-refractivity contribution in [3.05, 3.63) is 60.2 Å². The van der Waals surface area contributed by atoms with E-state index in [1.54, 1.807) is 0 Å². The molecule has 0 saturated heterocycles.